The predicted octanol–water partition coefficient (Wildman–Crippen LogP) is 7.74. The van der Waals surface area contributed by atoms with Crippen LogP contribution in [0.2, 0.25) is 0 Å². The standard InChI is InChI=1S/C30H29ClF3N5O2/c1-5-22(20-10-11-24(37-16-20)30(32,33)34)27(41-6-2)23(14-17(3)31)18(4)29-38-25(19-8-7-9-21(40)15-19)26-28(35)36-12-13-39(26)29/h7-16,18,40H,3,5-6H2,1-2,4H3,(H2,35,36)/b23-14-,27-22-. The number of alkyl halides is 3. The number of nitrogens with two attached hydrogens (primary N) is 1. The van der Waals surface area contributed by atoms with Gasteiger partial charge in [0.1, 0.15) is 40.1 Å². The van der Waals surface area contributed by atoms with Crippen molar-refractivity contribution in [2.75, 3.05) is 12.3 Å². The number of fused-ring (bicyclic) bond motifs is 1. The van der Waals surface area contributed by atoms with Crippen LogP contribution < -0.4 is 5.73 Å². The predicted molar refractivity (Wildman–Crippen MR) is 154 cm³/mol. The molecule has 3 heterocycles. The summed E-state index contributed by atoms with van der Waals surface area (Å²) in [5.41, 5.74) is 8.73. The summed E-state index contributed by atoms with van der Waals surface area (Å²) in [6.45, 7) is 9.71. The molecule has 0 bridgehead atoms. The highest BCUT2D eigenvalue weighted by atomic mass is 35.5. The van der Waals surface area contributed by atoms with E-state index in [1.54, 1.807) is 42.7 Å². The van der Waals surface area contributed by atoms with Gasteiger partial charge in [-0.15, -0.1) is 0 Å². The number of anilines is 1. The lowest BCUT2D eigenvalue weighted by atomic mass is 9.92. The number of aromatic nitrogens is 4. The number of imidazole rings is 1. The summed E-state index contributed by atoms with van der Waals surface area (Å²) < 4.78 is 47.5. The Bertz CT molecular complexity index is 1640. The van der Waals surface area contributed by atoms with Crippen molar-refractivity contribution in [2.24, 2.45) is 0 Å². The van der Waals surface area contributed by atoms with Gasteiger partial charge in [-0.3, -0.25) is 9.38 Å². The molecule has 0 saturated carbocycles. The average Bonchev–Trinajstić information content (AvgIpc) is 3.32. The highest BCUT2D eigenvalue weighted by molar-refractivity contribution is 6.30. The van der Waals surface area contributed by atoms with Crippen molar-refractivity contribution in [1.29, 1.82) is 0 Å². The molecule has 0 radical (unpaired) electrons. The van der Waals surface area contributed by atoms with Gasteiger partial charge in [-0.2, -0.15) is 13.2 Å². The molecule has 1 unspecified atom stereocenters. The van der Waals surface area contributed by atoms with E-state index in [2.05, 4.69) is 16.5 Å². The smallest absolute Gasteiger partial charge is 0.433 e. The summed E-state index contributed by atoms with van der Waals surface area (Å²) in [6, 6.07) is 8.97. The van der Waals surface area contributed by atoms with Crippen molar-refractivity contribution in [3.63, 3.8) is 0 Å². The van der Waals surface area contributed by atoms with E-state index < -0.39 is 17.8 Å². The number of ether oxygens (including phenoxy) is 1. The Balaban J connectivity index is 1.94. The van der Waals surface area contributed by atoms with Gasteiger partial charge in [0.15, 0.2) is 0 Å². The van der Waals surface area contributed by atoms with E-state index in [-0.39, 0.29) is 23.2 Å². The molecular weight excluding hydrogens is 555 g/mol. The number of hydrogen-bond donors (Lipinski definition) is 2. The molecule has 4 aromatic rings. The van der Waals surface area contributed by atoms with Gasteiger partial charge in [-0.05, 0) is 43.2 Å². The van der Waals surface area contributed by atoms with Crippen molar-refractivity contribution in [3.8, 4) is 17.0 Å². The molecule has 41 heavy (non-hydrogen) atoms. The van der Waals surface area contributed by atoms with Gasteiger partial charge < -0.3 is 15.6 Å². The first kappa shape index (κ1) is 29.7. The minimum atomic E-state index is -4.56. The number of nitrogens with zero attached hydrogens (tertiary/aromatic N) is 4. The zero-order valence-corrected chi connectivity index (χ0v) is 23.5. The monoisotopic (exact) mass is 583 g/mol. The Morgan fingerprint density at radius 3 is 2.56 bits per heavy atom. The van der Waals surface area contributed by atoms with Crippen LogP contribution in [0.3, 0.4) is 0 Å². The van der Waals surface area contributed by atoms with Crippen LogP contribution in [0.15, 0.2) is 84.0 Å². The fourth-order valence-electron chi connectivity index (χ4n) is 4.67. The first-order valence-electron chi connectivity index (χ1n) is 12.8. The van der Waals surface area contributed by atoms with Crippen LogP contribution >= 0.6 is 11.6 Å². The summed E-state index contributed by atoms with van der Waals surface area (Å²) in [4.78, 5) is 12.8. The second-order valence-electron chi connectivity index (χ2n) is 9.19. The van der Waals surface area contributed by atoms with E-state index >= 15 is 0 Å². The van der Waals surface area contributed by atoms with Crippen LogP contribution in [-0.4, -0.2) is 31.1 Å². The highest BCUT2D eigenvalue weighted by Gasteiger charge is 2.32. The summed E-state index contributed by atoms with van der Waals surface area (Å²) in [5, 5.41) is 10.3. The van der Waals surface area contributed by atoms with E-state index in [0.717, 1.165) is 6.07 Å². The molecule has 0 aliphatic rings. The number of halogens is 4. The van der Waals surface area contributed by atoms with E-state index in [4.69, 9.17) is 27.1 Å². The molecular formula is C30H29ClF3N5O2. The lowest BCUT2D eigenvalue weighted by Gasteiger charge is -2.22. The second-order valence-corrected chi connectivity index (χ2v) is 9.68. The van der Waals surface area contributed by atoms with Crippen LogP contribution in [0.4, 0.5) is 19.0 Å². The van der Waals surface area contributed by atoms with Gasteiger partial charge in [-0.25, -0.2) is 9.97 Å². The van der Waals surface area contributed by atoms with Crippen LogP contribution in [0.5, 0.6) is 5.75 Å². The Morgan fingerprint density at radius 1 is 1.22 bits per heavy atom. The second kappa shape index (κ2) is 12.1. The number of allylic oxidation sites excluding steroid dienone is 4. The zero-order chi connectivity index (χ0) is 29.9. The summed E-state index contributed by atoms with van der Waals surface area (Å²) in [6.07, 6.45) is 2.00. The largest absolute Gasteiger partial charge is 0.508 e. The number of phenols is 1. The molecule has 3 N–H and O–H groups in total. The van der Waals surface area contributed by atoms with Gasteiger partial charge in [0.2, 0.25) is 0 Å². The SMILES string of the molecule is C=C(Cl)/C=C(\C(OCC)=C(/CC)c1ccc(C(F)(F)F)nc1)C(C)c1nc(-c2cccc(O)c2)c2c(N)nccn12. The van der Waals surface area contributed by atoms with E-state index in [1.807, 2.05) is 25.2 Å². The summed E-state index contributed by atoms with van der Waals surface area (Å²) in [7, 11) is 0. The maximum absolute atomic E-state index is 13.2. The van der Waals surface area contributed by atoms with Crippen molar-refractivity contribution < 1.29 is 23.0 Å². The number of phenolic OH excluding ortho intramolecular Hbond substituents is 1. The lowest BCUT2D eigenvalue weighted by Crippen LogP contribution is -2.11. The van der Waals surface area contributed by atoms with Gasteiger partial charge in [-0.1, -0.05) is 50.2 Å². The number of rotatable bonds is 9. The Hall–Kier alpha value is -4.31. The van der Waals surface area contributed by atoms with E-state index in [1.165, 1.54) is 12.3 Å². The third kappa shape index (κ3) is 6.22. The molecule has 0 spiro atoms. The molecule has 1 atom stereocenters. The maximum Gasteiger partial charge on any atom is 0.433 e. The quantitative estimate of drug-likeness (QED) is 0.154. The zero-order valence-electron chi connectivity index (χ0n) is 22.7. The third-order valence-electron chi connectivity index (χ3n) is 6.48. The van der Waals surface area contributed by atoms with Crippen molar-refractivity contribution in [1.82, 2.24) is 19.4 Å². The molecule has 0 aliphatic carbocycles. The molecule has 3 aromatic heterocycles. The number of pyridine rings is 1. The molecule has 4 rings (SSSR count). The topological polar surface area (TPSA) is 98.6 Å². The molecule has 0 saturated heterocycles. The molecule has 11 heteroatoms. The van der Waals surface area contributed by atoms with Gasteiger partial charge in [0.25, 0.3) is 0 Å². The Labute approximate surface area is 240 Å². The third-order valence-corrected chi connectivity index (χ3v) is 6.59. The van der Waals surface area contributed by atoms with Gasteiger partial charge in [0, 0.05) is 46.3 Å². The minimum Gasteiger partial charge on any atom is -0.508 e. The summed E-state index contributed by atoms with van der Waals surface area (Å²) >= 11 is 6.30. The fourth-order valence-corrected chi connectivity index (χ4v) is 4.78. The van der Waals surface area contributed by atoms with Crippen molar-refractivity contribution >= 4 is 28.5 Å². The number of hydrogen-bond acceptors (Lipinski definition) is 6. The minimum absolute atomic E-state index is 0.0686. The van der Waals surface area contributed by atoms with Crippen LogP contribution in [-0.2, 0) is 10.9 Å². The molecule has 0 fully saturated rings. The molecule has 1 aromatic carbocycles. The first-order valence-corrected chi connectivity index (χ1v) is 13.2. The molecule has 0 aliphatic heterocycles. The first-order chi connectivity index (χ1) is 19.5. The van der Waals surface area contributed by atoms with Crippen LogP contribution in [0, 0.1) is 0 Å². The fraction of sp³-hybridized carbons (Fsp3) is 0.233. The lowest BCUT2D eigenvalue weighted by molar-refractivity contribution is -0.141. The van der Waals surface area contributed by atoms with Crippen LogP contribution in [0.25, 0.3) is 22.3 Å². The summed E-state index contributed by atoms with van der Waals surface area (Å²) in [5.74, 6) is 0.837. The van der Waals surface area contributed by atoms with Gasteiger partial charge >= 0.3 is 6.18 Å². The number of benzene rings is 1. The van der Waals surface area contributed by atoms with Gasteiger partial charge in [0.05, 0.1) is 6.61 Å². The van der Waals surface area contributed by atoms with Crippen molar-refractivity contribution in [3.05, 3.63) is 101 Å². The molecule has 0 amide bonds. The Morgan fingerprint density at radius 2 is 1.98 bits per heavy atom. The number of nitrogen functional groups attached to an aromatic ring is 1. The molecule has 214 valence electrons. The molecule has 7 nitrogen and oxygen atoms in total. The van der Waals surface area contributed by atoms with E-state index in [9.17, 15) is 18.3 Å². The van der Waals surface area contributed by atoms with Crippen LogP contribution in [0.1, 0.15) is 50.2 Å². The average molecular weight is 584 g/mol. The number of aromatic hydroxyl groups is 1. The Kier molecular flexibility index (Phi) is 8.72. The van der Waals surface area contributed by atoms with Crippen molar-refractivity contribution in [2.45, 2.75) is 39.3 Å². The maximum atomic E-state index is 13.2. The normalized spacial score (nSPS) is 13.7. The van der Waals surface area contributed by atoms with E-state index in [0.29, 0.717) is 51.5 Å². The highest BCUT2D eigenvalue weighted by Crippen LogP contribution is 2.39.